The molecule has 2 saturated heterocycles. The summed E-state index contributed by atoms with van der Waals surface area (Å²) in [5.41, 5.74) is -1.80. The minimum absolute atomic E-state index is 0.189. The van der Waals surface area contributed by atoms with E-state index in [0.29, 0.717) is 0 Å². The molecule has 0 N–H and O–H groups in total. The van der Waals surface area contributed by atoms with Crippen molar-refractivity contribution in [1.29, 1.82) is 0 Å². The summed E-state index contributed by atoms with van der Waals surface area (Å²) in [5, 5.41) is 27.8. The smallest absolute Gasteiger partial charge is 0.0959 e. The van der Waals surface area contributed by atoms with Gasteiger partial charge in [0.25, 0.3) is 0 Å². The number of hydrogen-bond acceptors (Lipinski definition) is 6. The van der Waals surface area contributed by atoms with Crippen molar-refractivity contribution in [3.05, 3.63) is 0 Å². The van der Waals surface area contributed by atoms with Crippen LogP contribution in [0, 0.1) is 0 Å². The Morgan fingerprint density at radius 3 is 1.12 bits per heavy atom. The van der Waals surface area contributed by atoms with Gasteiger partial charge in [-0.25, -0.2) is 0 Å². The van der Waals surface area contributed by atoms with Gasteiger partial charge in [-0.15, -0.1) is 20.5 Å². The van der Waals surface area contributed by atoms with Crippen LogP contribution in [0.25, 0.3) is 0 Å². The summed E-state index contributed by atoms with van der Waals surface area (Å²) in [5.74, 6) is 1.77. The Morgan fingerprint density at radius 2 is 0.923 bits per heavy atom. The van der Waals surface area contributed by atoms with Crippen molar-refractivity contribution in [3.8, 4) is 0 Å². The Bertz CT molecular complexity index is 481. The quantitative estimate of drug-likeness (QED) is 0.517. The average molecular weight is 405 g/mol. The predicted molar refractivity (Wildman–Crippen MR) is 109 cm³/mol. The molecule has 0 aromatic rings. The van der Waals surface area contributed by atoms with Gasteiger partial charge in [0.2, 0.25) is 0 Å². The Morgan fingerprint density at radius 1 is 0.654 bits per heavy atom. The lowest BCUT2D eigenvalue weighted by Crippen LogP contribution is -2.48. The number of nitrogens with zero attached hydrogens (tertiary/aromatic N) is 4. The van der Waals surface area contributed by atoms with Gasteiger partial charge in [-0.05, 0) is 69.5 Å². The molecule has 6 nitrogen and oxygen atoms in total. The number of hydrogen-bond donors (Lipinski definition) is 0. The summed E-state index contributed by atoms with van der Waals surface area (Å²) in [4.78, 5) is 4.39. The Kier molecular flexibility index (Phi) is 6.17. The van der Waals surface area contributed by atoms with Crippen LogP contribution in [0.5, 0.6) is 0 Å². The first-order valence-corrected chi connectivity index (χ1v) is 11.7. The SMILES string of the molecule is CN1C(CSSCC2N(C)C(C)(C)N([O])C2(C)C)C(C)(C)N([O])C1(C)C. The third-order valence-electron chi connectivity index (χ3n) is 6.87. The maximum Gasteiger partial charge on any atom is 0.0959 e. The second kappa shape index (κ2) is 7.06. The van der Waals surface area contributed by atoms with E-state index in [9.17, 15) is 10.4 Å². The molecule has 2 fully saturated rings. The van der Waals surface area contributed by atoms with Crippen molar-refractivity contribution in [1.82, 2.24) is 19.9 Å². The lowest BCUT2D eigenvalue weighted by atomic mass is 9.97. The largest absolute Gasteiger partial charge is 0.281 e. The number of hydroxylamine groups is 4. The van der Waals surface area contributed by atoms with Gasteiger partial charge in [0.15, 0.2) is 0 Å². The molecule has 2 unspecified atom stereocenters. The number of likely N-dealkylation sites (N-methyl/N-ethyl adjacent to an activating group) is 2. The van der Waals surface area contributed by atoms with Gasteiger partial charge < -0.3 is 0 Å². The van der Waals surface area contributed by atoms with Gasteiger partial charge in [0.1, 0.15) is 0 Å². The minimum atomic E-state index is -0.486. The summed E-state index contributed by atoms with van der Waals surface area (Å²) in [6.07, 6.45) is 0. The van der Waals surface area contributed by atoms with Crippen LogP contribution in [0.2, 0.25) is 0 Å². The molecule has 0 aromatic carbocycles. The second-order valence-corrected chi connectivity index (χ2v) is 12.3. The van der Waals surface area contributed by atoms with E-state index in [1.807, 2.05) is 91.1 Å². The maximum absolute atomic E-state index is 12.7. The lowest BCUT2D eigenvalue weighted by Gasteiger charge is -2.32. The normalized spacial score (nSPS) is 34.6. The third-order valence-corrected chi connectivity index (χ3v) is 9.26. The van der Waals surface area contributed by atoms with Crippen LogP contribution in [0.3, 0.4) is 0 Å². The first-order chi connectivity index (χ1) is 11.6. The first kappa shape index (κ1) is 22.7. The van der Waals surface area contributed by atoms with Gasteiger partial charge >= 0.3 is 0 Å². The molecule has 0 aliphatic carbocycles. The zero-order chi connectivity index (χ0) is 20.3. The Balaban J connectivity index is 1.95. The zero-order valence-corrected chi connectivity index (χ0v) is 19.6. The van der Waals surface area contributed by atoms with Crippen LogP contribution in [0.15, 0.2) is 0 Å². The predicted octanol–water partition coefficient (Wildman–Crippen LogP) is 3.32. The lowest BCUT2D eigenvalue weighted by molar-refractivity contribution is -0.257. The van der Waals surface area contributed by atoms with E-state index in [4.69, 9.17) is 0 Å². The molecule has 2 aliphatic heterocycles. The van der Waals surface area contributed by atoms with E-state index in [1.165, 1.54) is 10.1 Å². The number of rotatable bonds is 5. The molecule has 2 heterocycles. The third kappa shape index (κ3) is 3.34. The fourth-order valence-corrected chi connectivity index (χ4v) is 7.60. The Hall–Kier alpha value is 0.460. The van der Waals surface area contributed by atoms with Gasteiger partial charge in [-0.2, -0.15) is 0 Å². The monoisotopic (exact) mass is 404 g/mol. The molecular weight excluding hydrogens is 368 g/mol. The maximum atomic E-state index is 12.7. The first-order valence-electron chi connectivity index (χ1n) is 9.26. The molecule has 2 radical (unpaired) electrons. The van der Waals surface area contributed by atoms with Gasteiger partial charge in [-0.1, -0.05) is 21.6 Å². The molecule has 26 heavy (non-hydrogen) atoms. The molecule has 152 valence electrons. The Labute approximate surface area is 167 Å². The van der Waals surface area contributed by atoms with Crippen molar-refractivity contribution in [3.63, 3.8) is 0 Å². The summed E-state index contributed by atoms with van der Waals surface area (Å²) in [6.45, 7) is 16.1. The summed E-state index contributed by atoms with van der Waals surface area (Å²) >= 11 is 0. The van der Waals surface area contributed by atoms with E-state index in [1.54, 1.807) is 0 Å². The minimum Gasteiger partial charge on any atom is -0.281 e. The van der Waals surface area contributed by atoms with E-state index >= 15 is 0 Å². The standard InChI is InChI=1S/C18H36N4O2S2/c1-15(2)13(19(9)17(5,6)21(15)23)11-25-26-12-14-16(3,4)22(24)18(7,8)20(14)10/h13-14H,11-12H2,1-10H3. The van der Waals surface area contributed by atoms with E-state index in [2.05, 4.69) is 9.80 Å². The van der Waals surface area contributed by atoms with Crippen LogP contribution in [0.4, 0.5) is 0 Å². The molecule has 2 rings (SSSR count). The molecule has 0 bridgehead atoms. The van der Waals surface area contributed by atoms with E-state index in [0.717, 1.165) is 11.5 Å². The summed E-state index contributed by atoms with van der Waals surface area (Å²) in [7, 11) is 7.71. The van der Waals surface area contributed by atoms with Gasteiger partial charge in [0.05, 0.1) is 22.4 Å². The van der Waals surface area contributed by atoms with Crippen LogP contribution < -0.4 is 0 Å². The molecule has 2 atom stereocenters. The fourth-order valence-electron chi connectivity index (χ4n) is 4.53. The zero-order valence-electron chi connectivity index (χ0n) is 18.0. The van der Waals surface area contributed by atoms with Crippen LogP contribution in [-0.2, 0) is 10.4 Å². The summed E-state index contributed by atoms with van der Waals surface area (Å²) < 4.78 is 0. The van der Waals surface area contributed by atoms with Crippen molar-refractivity contribution < 1.29 is 10.4 Å². The molecule has 8 heteroatoms. The molecule has 0 spiro atoms. The fraction of sp³-hybridized carbons (Fsp3) is 1.00. The van der Waals surface area contributed by atoms with Gasteiger partial charge in [0, 0.05) is 23.6 Å². The van der Waals surface area contributed by atoms with Crippen molar-refractivity contribution in [2.24, 2.45) is 0 Å². The molecule has 0 amide bonds. The van der Waals surface area contributed by atoms with Crippen LogP contribution in [0.1, 0.15) is 55.4 Å². The highest BCUT2D eigenvalue weighted by Crippen LogP contribution is 2.45. The van der Waals surface area contributed by atoms with Crippen LogP contribution >= 0.6 is 21.6 Å². The molecule has 0 saturated carbocycles. The molecule has 0 aromatic heterocycles. The van der Waals surface area contributed by atoms with Crippen molar-refractivity contribution >= 4 is 21.6 Å². The highest BCUT2D eigenvalue weighted by atomic mass is 33.1. The van der Waals surface area contributed by atoms with Crippen molar-refractivity contribution in [2.45, 2.75) is 89.9 Å². The highest BCUT2D eigenvalue weighted by molar-refractivity contribution is 8.76. The van der Waals surface area contributed by atoms with E-state index < -0.39 is 22.4 Å². The molecular formula is C18H36N4O2S2. The van der Waals surface area contributed by atoms with E-state index in [-0.39, 0.29) is 12.1 Å². The molecule has 2 aliphatic rings. The van der Waals surface area contributed by atoms with Crippen molar-refractivity contribution in [2.75, 3.05) is 25.6 Å². The summed E-state index contributed by atoms with van der Waals surface area (Å²) in [6, 6.07) is 0.378. The topological polar surface area (TPSA) is 52.8 Å². The van der Waals surface area contributed by atoms with Crippen LogP contribution in [-0.4, -0.2) is 80.0 Å². The second-order valence-electron chi connectivity index (χ2n) is 9.71. The highest BCUT2D eigenvalue weighted by Gasteiger charge is 2.57. The average Bonchev–Trinajstić information content (AvgIpc) is 2.71. The van der Waals surface area contributed by atoms with Gasteiger partial charge in [-0.3, -0.25) is 9.80 Å².